The average Bonchev–Trinajstić information content (AvgIpc) is 2.70. The molecular formula is C20H20O6P2. The molecule has 0 aliphatic rings. The van der Waals surface area contributed by atoms with Crippen molar-refractivity contribution in [1.29, 1.82) is 0 Å². The van der Waals surface area contributed by atoms with E-state index in [0.717, 1.165) is 11.1 Å². The van der Waals surface area contributed by atoms with Crippen LogP contribution in [-0.2, 0) is 9.94 Å². The van der Waals surface area contributed by atoms with Gasteiger partial charge in [-0.25, -0.2) is 0 Å². The molecule has 0 fully saturated rings. The molecule has 3 aromatic rings. The Morgan fingerprint density at radius 1 is 0.643 bits per heavy atom. The number of rotatable bonds is 8. The van der Waals surface area contributed by atoms with Gasteiger partial charge in [0.05, 0.1) is 12.0 Å². The standard InChI is InChI=1S/C20H20O6P2/c21-27(22)25-15-20(16-9-3-1-4-10-16,17-11-5-2-6-12-17)18-13-7-8-14-19(18)26-28(23)24/h1-14,21-24H,15H2. The first-order valence-electron chi connectivity index (χ1n) is 8.41. The molecular weight excluding hydrogens is 398 g/mol. The van der Waals surface area contributed by atoms with E-state index in [1.165, 1.54) is 0 Å². The van der Waals surface area contributed by atoms with E-state index in [9.17, 15) is 19.6 Å². The first kappa shape index (κ1) is 20.8. The Labute approximate surface area is 165 Å². The third kappa shape index (κ3) is 4.57. The van der Waals surface area contributed by atoms with Gasteiger partial charge in [0.15, 0.2) is 0 Å². The molecule has 0 aliphatic carbocycles. The summed E-state index contributed by atoms with van der Waals surface area (Å²) in [4.78, 5) is 37.8. The number of para-hydroxylation sites is 1. The van der Waals surface area contributed by atoms with Crippen LogP contribution in [0.3, 0.4) is 0 Å². The molecule has 0 radical (unpaired) electrons. The van der Waals surface area contributed by atoms with Crippen LogP contribution < -0.4 is 4.52 Å². The van der Waals surface area contributed by atoms with Crippen LogP contribution in [0, 0.1) is 0 Å². The molecule has 0 atom stereocenters. The summed E-state index contributed by atoms with van der Waals surface area (Å²) >= 11 is 0. The highest BCUT2D eigenvalue weighted by Gasteiger charge is 2.40. The van der Waals surface area contributed by atoms with Gasteiger partial charge in [0.2, 0.25) is 0 Å². The molecule has 28 heavy (non-hydrogen) atoms. The van der Waals surface area contributed by atoms with Crippen LogP contribution in [0.25, 0.3) is 0 Å². The van der Waals surface area contributed by atoms with Crippen LogP contribution in [0.15, 0.2) is 84.9 Å². The van der Waals surface area contributed by atoms with Gasteiger partial charge in [-0.1, -0.05) is 78.9 Å². The zero-order chi connectivity index (χ0) is 20.0. The largest absolute Gasteiger partial charge is 0.427 e. The van der Waals surface area contributed by atoms with E-state index in [1.807, 2.05) is 60.7 Å². The molecule has 4 N–H and O–H groups in total. The second-order valence-electron chi connectivity index (χ2n) is 6.00. The molecule has 0 saturated carbocycles. The Balaban J connectivity index is 2.30. The summed E-state index contributed by atoms with van der Waals surface area (Å²) in [5.41, 5.74) is 1.29. The van der Waals surface area contributed by atoms with Crippen molar-refractivity contribution in [3.05, 3.63) is 102 Å². The highest BCUT2D eigenvalue weighted by Crippen LogP contribution is 2.47. The topological polar surface area (TPSA) is 99.4 Å². The maximum atomic E-state index is 9.46. The minimum Gasteiger partial charge on any atom is -0.427 e. The fourth-order valence-electron chi connectivity index (χ4n) is 3.31. The zero-order valence-electron chi connectivity index (χ0n) is 14.8. The van der Waals surface area contributed by atoms with Gasteiger partial charge in [-0.2, -0.15) is 0 Å². The second-order valence-corrected chi connectivity index (χ2v) is 7.46. The Kier molecular flexibility index (Phi) is 7.11. The Morgan fingerprint density at radius 2 is 1.14 bits per heavy atom. The zero-order valence-corrected chi connectivity index (χ0v) is 16.6. The van der Waals surface area contributed by atoms with Gasteiger partial charge in [-0.05, 0) is 17.2 Å². The van der Waals surface area contributed by atoms with Crippen molar-refractivity contribution in [1.82, 2.24) is 0 Å². The Bertz CT molecular complexity index is 835. The lowest BCUT2D eigenvalue weighted by atomic mass is 9.69. The number of hydrogen-bond donors (Lipinski definition) is 4. The number of benzene rings is 3. The maximum Gasteiger partial charge on any atom is 0.391 e. The summed E-state index contributed by atoms with van der Waals surface area (Å²) in [5.74, 6) is 0.273. The highest BCUT2D eigenvalue weighted by atomic mass is 31.2. The van der Waals surface area contributed by atoms with Crippen LogP contribution >= 0.6 is 17.2 Å². The molecule has 146 valence electrons. The van der Waals surface area contributed by atoms with Gasteiger partial charge >= 0.3 is 17.2 Å². The summed E-state index contributed by atoms with van der Waals surface area (Å²) in [7, 11) is -5.23. The molecule has 0 saturated heterocycles. The molecule has 0 unspecified atom stereocenters. The van der Waals surface area contributed by atoms with Crippen molar-refractivity contribution in [3.63, 3.8) is 0 Å². The van der Waals surface area contributed by atoms with Gasteiger partial charge in [0, 0.05) is 5.56 Å². The third-order valence-corrected chi connectivity index (χ3v) is 5.18. The van der Waals surface area contributed by atoms with E-state index in [4.69, 9.17) is 9.05 Å². The first-order valence-corrected chi connectivity index (χ1v) is 10.7. The molecule has 0 aromatic heterocycles. The molecule has 8 heteroatoms. The Morgan fingerprint density at radius 3 is 1.64 bits per heavy atom. The lowest BCUT2D eigenvalue weighted by Gasteiger charge is -2.36. The predicted octanol–water partition coefficient (Wildman–Crippen LogP) is 3.84. The van der Waals surface area contributed by atoms with Crippen LogP contribution in [0.4, 0.5) is 0 Å². The SMILES string of the molecule is OP(O)OCC(c1ccccc1)(c1ccccc1)c1ccccc1OP(O)O. The summed E-state index contributed by atoms with van der Waals surface area (Å²) < 4.78 is 10.6. The van der Waals surface area contributed by atoms with E-state index in [-0.39, 0.29) is 12.4 Å². The van der Waals surface area contributed by atoms with Gasteiger partial charge in [-0.15, -0.1) is 0 Å². The minimum atomic E-state index is -2.64. The normalized spacial score (nSPS) is 11.8. The predicted molar refractivity (Wildman–Crippen MR) is 109 cm³/mol. The summed E-state index contributed by atoms with van der Waals surface area (Å²) in [6, 6.07) is 25.9. The fraction of sp³-hybridized carbons (Fsp3) is 0.100. The molecule has 0 bridgehead atoms. The van der Waals surface area contributed by atoms with E-state index in [2.05, 4.69) is 0 Å². The molecule has 3 rings (SSSR count). The van der Waals surface area contributed by atoms with Crippen LogP contribution in [0.2, 0.25) is 0 Å². The molecule has 0 heterocycles. The molecule has 0 amide bonds. The summed E-state index contributed by atoms with van der Waals surface area (Å²) in [6.07, 6.45) is 0. The van der Waals surface area contributed by atoms with Gasteiger partial charge in [0.25, 0.3) is 0 Å². The van der Waals surface area contributed by atoms with Crippen LogP contribution in [-0.4, -0.2) is 26.2 Å². The van der Waals surface area contributed by atoms with Crippen molar-refractivity contribution in [2.45, 2.75) is 5.41 Å². The van der Waals surface area contributed by atoms with Crippen molar-refractivity contribution >= 4 is 17.2 Å². The van der Waals surface area contributed by atoms with Gasteiger partial charge in [-0.3, -0.25) is 0 Å². The highest BCUT2D eigenvalue weighted by molar-refractivity contribution is 7.40. The van der Waals surface area contributed by atoms with Gasteiger partial charge < -0.3 is 28.6 Å². The van der Waals surface area contributed by atoms with Gasteiger partial charge in [0.1, 0.15) is 5.75 Å². The molecule has 0 spiro atoms. The smallest absolute Gasteiger partial charge is 0.391 e. The van der Waals surface area contributed by atoms with Crippen LogP contribution in [0.5, 0.6) is 5.75 Å². The van der Waals surface area contributed by atoms with E-state index in [0.29, 0.717) is 5.56 Å². The van der Waals surface area contributed by atoms with Crippen molar-refractivity contribution in [2.75, 3.05) is 6.61 Å². The van der Waals surface area contributed by atoms with Crippen molar-refractivity contribution in [2.24, 2.45) is 0 Å². The summed E-state index contributed by atoms with van der Waals surface area (Å²) in [6.45, 7) is -0.0884. The lowest BCUT2D eigenvalue weighted by Crippen LogP contribution is -2.34. The fourth-order valence-corrected chi connectivity index (χ4v) is 3.95. The lowest BCUT2D eigenvalue weighted by molar-refractivity contribution is 0.221. The quantitative estimate of drug-likeness (QED) is 0.328. The van der Waals surface area contributed by atoms with E-state index < -0.39 is 22.6 Å². The van der Waals surface area contributed by atoms with Crippen molar-refractivity contribution in [3.8, 4) is 5.75 Å². The first-order chi connectivity index (χ1) is 13.5. The summed E-state index contributed by atoms with van der Waals surface area (Å²) in [5, 5.41) is 0. The van der Waals surface area contributed by atoms with E-state index >= 15 is 0 Å². The monoisotopic (exact) mass is 418 g/mol. The number of hydrogen-bond acceptors (Lipinski definition) is 6. The molecule has 0 aliphatic heterocycles. The maximum absolute atomic E-state index is 9.46. The van der Waals surface area contributed by atoms with Crippen LogP contribution in [0.1, 0.15) is 16.7 Å². The minimum absolute atomic E-state index is 0.0884. The van der Waals surface area contributed by atoms with E-state index in [1.54, 1.807) is 24.3 Å². The Hall–Kier alpha value is -1.88. The third-order valence-electron chi connectivity index (χ3n) is 4.46. The molecule has 6 nitrogen and oxygen atoms in total. The second kappa shape index (κ2) is 9.55. The van der Waals surface area contributed by atoms with Crippen molar-refractivity contribution < 1.29 is 28.6 Å². The average molecular weight is 418 g/mol. The molecule has 3 aromatic carbocycles.